The van der Waals surface area contributed by atoms with Gasteiger partial charge in [-0.3, -0.25) is 9.59 Å². The molecule has 0 N–H and O–H groups in total. The summed E-state index contributed by atoms with van der Waals surface area (Å²) >= 11 is 0. The summed E-state index contributed by atoms with van der Waals surface area (Å²) in [4.78, 5) is 29.5. The first-order valence-electron chi connectivity index (χ1n) is 11.2. The molecule has 1 saturated carbocycles. The maximum atomic E-state index is 12.9. The van der Waals surface area contributed by atoms with Crippen LogP contribution in [0.5, 0.6) is 0 Å². The molecular weight excluding hydrogens is 392 g/mol. The first-order chi connectivity index (χ1) is 14.8. The fraction of sp³-hybridized carbons (Fsp3) is 0.583. The summed E-state index contributed by atoms with van der Waals surface area (Å²) in [6.07, 6.45) is 3.72. The van der Waals surface area contributed by atoms with Crippen LogP contribution < -0.4 is 0 Å². The van der Waals surface area contributed by atoms with E-state index in [1.807, 2.05) is 31.0 Å². The van der Waals surface area contributed by atoms with Gasteiger partial charge in [-0.1, -0.05) is 36.3 Å². The van der Waals surface area contributed by atoms with Crippen molar-refractivity contribution in [2.24, 2.45) is 17.3 Å². The SMILES string of the molecule is Cc1nonc1CN(C)C(=O)[C@@H]1CC12CCN(C(=O)c1ccc(CC(C)C)cc1)CC2. The van der Waals surface area contributed by atoms with Gasteiger partial charge in [0.15, 0.2) is 0 Å². The lowest BCUT2D eigenvalue weighted by Crippen LogP contribution is -2.40. The molecule has 1 aromatic carbocycles. The van der Waals surface area contributed by atoms with Crippen LogP contribution in [0.1, 0.15) is 60.4 Å². The monoisotopic (exact) mass is 424 g/mol. The molecule has 0 unspecified atom stereocenters. The number of hydrogen-bond donors (Lipinski definition) is 0. The number of carbonyl (C=O) groups is 2. The Hall–Kier alpha value is -2.70. The average molecular weight is 425 g/mol. The van der Waals surface area contributed by atoms with E-state index in [4.69, 9.17) is 4.63 Å². The van der Waals surface area contributed by atoms with Crippen LogP contribution in [0.3, 0.4) is 0 Å². The standard InChI is InChI=1S/C24H32N4O3/c1-16(2)13-18-5-7-19(8-6-18)22(29)28-11-9-24(10-12-28)14-20(24)23(30)27(4)15-21-17(3)25-31-26-21/h5-8,16,20H,9-15H2,1-4H3/t20-/m0/s1. The van der Waals surface area contributed by atoms with Crippen LogP contribution in [0.2, 0.25) is 0 Å². The van der Waals surface area contributed by atoms with Crippen LogP contribution in [-0.4, -0.2) is 52.1 Å². The Bertz CT molecular complexity index is 942. The summed E-state index contributed by atoms with van der Waals surface area (Å²) in [7, 11) is 1.81. The first kappa shape index (κ1) is 21.5. The minimum atomic E-state index is 0.0465. The van der Waals surface area contributed by atoms with E-state index < -0.39 is 0 Å². The molecule has 7 nitrogen and oxygen atoms in total. The molecule has 1 aliphatic carbocycles. The molecular formula is C24H32N4O3. The van der Waals surface area contributed by atoms with Gasteiger partial charge in [-0.2, -0.15) is 0 Å². The Kier molecular flexibility index (Phi) is 5.86. The minimum Gasteiger partial charge on any atom is -0.339 e. The third-order valence-electron chi connectivity index (χ3n) is 6.89. The van der Waals surface area contributed by atoms with E-state index in [-0.39, 0.29) is 23.1 Å². The van der Waals surface area contributed by atoms with Gasteiger partial charge in [-0.05, 0) is 61.6 Å². The number of amides is 2. The van der Waals surface area contributed by atoms with Crippen molar-refractivity contribution in [3.63, 3.8) is 0 Å². The molecule has 0 radical (unpaired) electrons. The summed E-state index contributed by atoms with van der Waals surface area (Å²) in [6, 6.07) is 8.03. The molecule has 1 atom stereocenters. The normalized spacial score (nSPS) is 19.6. The van der Waals surface area contributed by atoms with E-state index in [0.29, 0.717) is 36.9 Å². The molecule has 2 heterocycles. The molecule has 7 heteroatoms. The Labute approximate surface area is 183 Å². The fourth-order valence-corrected chi connectivity index (χ4v) is 4.80. The number of likely N-dealkylation sites (tertiary alicyclic amines) is 1. The van der Waals surface area contributed by atoms with Crippen LogP contribution in [0.25, 0.3) is 0 Å². The second-order valence-corrected chi connectivity index (χ2v) is 9.70. The molecule has 2 aliphatic rings. The molecule has 1 aliphatic heterocycles. The van der Waals surface area contributed by atoms with Gasteiger partial charge in [0.25, 0.3) is 5.91 Å². The van der Waals surface area contributed by atoms with Crippen molar-refractivity contribution < 1.29 is 14.2 Å². The van der Waals surface area contributed by atoms with Crippen LogP contribution in [0, 0.1) is 24.2 Å². The van der Waals surface area contributed by atoms with Gasteiger partial charge in [0.2, 0.25) is 5.91 Å². The molecule has 2 aromatic rings. The van der Waals surface area contributed by atoms with Gasteiger partial charge >= 0.3 is 0 Å². The summed E-state index contributed by atoms with van der Waals surface area (Å²) < 4.78 is 4.73. The highest BCUT2D eigenvalue weighted by Gasteiger charge is 2.59. The average Bonchev–Trinajstić information content (AvgIpc) is 3.29. The maximum absolute atomic E-state index is 12.9. The Balaban J connectivity index is 1.30. The molecule has 1 spiro atoms. The highest BCUT2D eigenvalue weighted by molar-refractivity contribution is 5.94. The number of piperidine rings is 1. The zero-order valence-corrected chi connectivity index (χ0v) is 18.9. The molecule has 4 rings (SSSR count). The lowest BCUT2D eigenvalue weighted by molar-refractivity contribution is -0.133. The summed E-state index contributed by atoms with van der Waals surface area (Å²) in [5, 5.41) is 7.65. The van der Waals surface area contributed by atoms with Crippen molar-refractivity contribution in [1.29, 1.82) is 0 Å². The van der Waals surface area contributed by atoms with E-state index in [9.17, 15) is 9.59 Å². The van der Waals surface area contributed by atoms with Crippen molar-refractivity contribution >= 4 is 11.8 Å². The lowest BCUT2D eigenvalue weighted by atomic mass is 9.90. The van der Waals surface area contributed by atoms with E-state index in [1.54, 1.807) is 4.90 Å². The third-order valence-corrected chi connectivity index (χ3v) is 6.89. The van der Waals surface area contributed by atoms with Crippen LogP contribution in [0.15, 0.2) is 28.9 Å². The Morgan fingerprint density at radius 3 is 2.45 bits per heavy atom. The van der Waals surface area contributed by atoms with Crippen molar-refractivity contribution in [1.82, 2.24) is 20.1 Å². The summed E-state index contributed by atoms with van der Waals surface area (Å²) in [5.41, 5.74) is 3.49. The van der Waals surface area contributed by atoms with E-state index in [2.05, 4.69) is 36.3 Å². The number of aromatic nitrogens is 2. The number of hydrogen-bond acceptors (Lipinski definition) is 5. The van der Waals surface area contributed by atoms with Crippen LogP contribution in [0.4, 0.5) is 0 Å². The zero-order valence-electron chi connectivity index (χ0n) is 18.9. The smallest absolute Gasteiger partial charge is 0.253 e. The number of rotatable bonds is 6. The molecule has 1 saturated heterocycles. The number of nitrogens with zero attached hydrogens (tertiary/aromatic N) is 4. The number of carbonyl (C=O) groups excluding carboxylic acids is 2. The zero-order chi connectivity index (χ0) is 22.2. The van der Waals surface area contributed by atoms with Gasteiger partial charge in [0, 0.05) is 31.6 Å². The predicted molar refractivity (Wildman–Crippen MR) is 116 cm³/mol. The molecule has 0 bridgehead atoms. The Morgan fingerprint density at radius 2 is 1.87 bits per heavy atom. The van der Waals surface area contributed by atoms with Crippen molar-refractivity contribution in [3.05, 3.63) is 46.8 Å². The first-order valence-corrected chi connectivity index (χ1v) is 11.2. The Morgan fingerprint density at radius 1 is 1.19 bits per heavy atom. The second kappa shape index (κ2) is 8.44. The van der Waals surface area contributed by atoms with Gasteiger partial charge in [-0.15, -0.1) is 0 Å². The molecule has 1 aromatic heterocycles. The topological polar surface area (TPSA) is 79.5 Å². The van der Waals surface area contributed by atoms with Crippen molar-refractivity contribution in [2.75, 3.05) is 20.1 Å². The van der Waals surface area contributed by atoms with Gasteiger partial charge in [0.05, 0.1) is 6.54 Å². The van der Waals surface area contributed by atoms with Crippen LogP contribution >= 0.6 is 0 Å². The molecule has 2 amide bonds. The van der Waals surface area contributed by atoms with Crippen molar-refractivity contribution in [2.45, 2.75) is 53.0 Å². The lowest BCUT2D eigenvalue weighted by Gasteiger charge is -2.33. The quantitative estimate of drug-likeness (QED) is 0.709. The van der Waals surface area contributed by atoms with Crippen LogP contribution in [-0.2, 0) is 17.8 Å². The number of benzene rings is 1. The highest BCUT2D eigenvalue weighted by Crippen LogP contribution is 2.60. The maximum Gasteiger partial charge on any atom is 0.253 e. The largest absolute Gasteiger partial charge is 0.339 e. The molecule has 31 heavy (non-hydrogen) atoms. The van der Waals surface area contributed by atoms with Gasteiger partial charge < -0.3 is 9.80 Å². The van der Waals surface area contributed by atoms with E-state index >= 15 is 0 Å². The molecule has 2 fully saturated rings. The summed E-state index contributed by atoms with van der Waals surface area (Å²) in [6.45, 7) is 8.07. The second-order valence-electron chi connectivity index (χ2n) is 9.70. The fourth-order valence-electron chi connectivity index (χ4n) is 4.80. The van der Waals surface area contributed by atoms with E-state index in [1.165, 1.54) is 5.56 Å². The molecule has 166 valence electrons. The van der Waals surface area contributed by atoms with Crippen molar-refractivity contribution in [3.8, 4) is 0 Å². The van der Waals surface area contributed by atoms with Gasteiger partial charge in [0.1, 0.15) is 11.4 Å². The summed E-state index contributed by atoms with van der Waals surface area (Å²) in [5.74, 6) is 0.901. The predicted octanol–water partition coefficient (Wildman–Crippen LogP) is 3.48. The van der Waals surface area contributed by atoms with E-state index in [0.717, 1.165) is 31.2 Å². The van der Waals surface area contributed by atoms with Gasteiger partial charge in [-0.25, -0.2) is 4.63 Å². The highest BCUT2D eigenvalue weighted by atomic mass is 16.6. The third kappa shape index (κ3) is 4.50. The number of aryl methyl sites for hydroxylation is 1. The minimum absolute atomic E-state index is 0.0465.